The molecule has 1 aromatic heterocycles. The highest BCUT2D eigenvalue weighted by atomic mass is 19.1. The molecular weight excluding hydrogens is 269 g/mol. The summed E-state index contributed by atoms with van der Waals surface area (Å²) in [6.07, 6.45) is 3.71. The van der Waals surface area contributed by atoms with Crippen molar-refractivity contribution < 1.29 is 9.18 Å². The lowest BCUT2D eigenvalue weighted by atomic mass is 10.0. The van der Waals surface area contributed by atoms with Crippen molar-refractivity contribution in [2.75, 3.05) is 13.1 Å². The lowest BCUT2D eigenvalue weighted by Gasteiger charge is -2.25. The van der Waals surface area contributed by atoms with Crippen LogP contribution in [-0.4, -0.2) is 28.4 Å². The van der Waals surface area contributed by atoms with Crippen LogP contribution in [-0.2, 0) is 0 Å². The third-order valence-corrected chi connectivity index (χ3v) is 3.95. The number of imidazole rings is 1. The summed E-state index contributed by atoms with van der Waals surface area (Å²) in [5.41, 5.74) is 2.03. The second kappa shape index (κ2) is 5.77. The molecule has 1 aromatic carbocycles. The minimum atomic E-state index is -0.291. The molecular formula is C16H18FN3O. The van der Waals surface area contributed by atoms with Crippen molar-refractivity contribution in [2.45, 2.75) is 25.8 Å². The summed E-state index contributed by atoms with van der Waals surface area (Å²) < 4.78 is 15.0. The number of rotatable bonds is 3. The van der Waals surface area contributed by atoms with E-state index < -0.39 is 0 Å². The predicted molar refractivity (Wildman–Crippen MR) is 78.8 cm³/mol. The third-order valence-electron chi connectivity index (χ3n) is 3.95. The molecule has 110 valence electrons. The maximum atomic E-state index is 13.1. The standard InChI is InChI=1S/C16H18FN3O/c1-11(21)16-15(12-2-4-13(17)5-3-12)19-10-20(16)14-6-8-18-9-7-14/h2-5,10,14,18H,6-9H2,1H3. The van der Waals surface area contributed by atoms with Gasteiger partial charge in [0, 0.05) is 18.5 Å². The first-order valence-electron chi connectivity index (χ1n) is 7.21. The van der Waals surface area contributed by atoms with E-state index in [1.165, 1.54) is 12.1 Å². The van der Waals surface area contributed by atoms with Crippen LogP contribution in [0.3, 0.4) is 0 Å². The summed E-state index contributed by atoms with van der Waals surface area (Å²) in [6.45, 7) is 3.46. The zero-order chi connectivity index (χ0) is 14.8. The van der Waals surface area contributed by atoms with Gasteiger partial charge in [0.25, 0.3) is 0 Å². The van der Waals surface area contributed by atoms with Gasteiger partial charge in [0.15, 0.2) is 5.78 Å². The molecule has 1 fully saturated rings. The number of halogens is 1. The zero-order valence-corrected chi connectivity index (χ0v) is 12.0. The lowest BCUT2D eigenvalue weighted by Crippen LogP contribution is -2.30. The van der Waals surface area contributed by atoms with E-state index in [-0.39, 0.29) is 11.6 Å². The summed E-state index contributed by atoms with van der Waals surface area (Å²) in [5, 5.41) is 3.32. The number of piperidine rings is 1. The Bertz CT molecular complexity index is 642. The summed E-state index contributed by atoms with van der Waals surface area (Å²) in [5.74, 6) is -0.300. The minimum absolute atomic E-state index is 0.00893. The second-order valence-electron chi connectivity index (χ2n) is 5.39. The molecule has 21 heavy (non-hydrogen) atoms. The van der Waals surface area contributed by atoms with E-state index in [0.29, 0.717) is 17.4 Å². The van der Waals surface area contributed by atoms with Gasteiger partial charge in [-0.2, -0.15) is 0 Å². The van der Waals surface area contributed by atoms with Gasteiger partial charge in [-0.05, 0) is 50.2 Å². The van der Waals surface area contributed by atoms with Gasteiger partial charge in [-0.25, -0.2) is 9.37 Å². The SMILES string of the molecule is CC(=O)c1c(-c2ccc(F)cc2)ncn1C1CCNCC1. The van der Waals surface area contributed by atoms with Crippen molar-refractivity contribution in [1.82, 2.24) is 14.9 Å². The van der Waals surface area contributed by atoms with E-state index in [4.69, 9.17) is 0 Å². The minimum Gasteiger partial charge on any atom is -0.324 e. The van der Waals surface area contributed by atoms with Gasteiger partial charge in [0.1, 0.15) is 11.5 Å². The highest BCUT2D eigenvalue weighted by molar-refractivity contribution is 5.98. The predicted octanol–water partition coefficient (Wildman–Crippen LogP) is 2.82. The van der Waals surface area contributed by atoms with Gasteiger partial charge in [0.2, 0.25) is 0 Å². The molecule has 1 aliphatic heterocycles. The fourth-order valence-electron chi connectivity index (χ4n) is 2.89. The van der Waals surface area contributed by atoms with Crippen LogP contribution in [0.2, 0.25) is 0 Å². The Balaban J connectivity index is 2.03. The molecule has 0 aliphatic carbocycles. The Hall–Kier alpha value is -2.01. The molecule has 0 saturated carbocycles. The summed E-state index contributed by atoms with van der Waals surface area (Å²) in [4.78, 5) is 16.5. The molecule has 2 aromatic rings. The van der Waals surface area contributed by atoms with Gasteiger partial charge < -0.3 is 9.88 Å². The Morgan fingerprint density at radius 2 is 1.95 bits per heavy atom. The van der Waals surface area contributed by atoms with Crippen molar-refractivity contribution in [2.24, 2.45) is 0 Å². The van der Waals surface area contributed by atoms with Crippen LogP contribution in [0.25, 0.3) is 11.3 Å². The fraction of sp³-hybridized carbons (Fsp3) is 0.375. The van der Waals surface area contributed by atoms with E-state index in [1.807, 2.05) is 4.57 Å². The summed E-state index contributed by atoms with van der Waals surface area (Å²) in [7, 11) is 0. The first kappa shape index (κ1) is 13.9. The molecule has 0 bridgehead atoms. The second-order valence-corrected chi connectivity index (χ2v) is 5.39. The topological polar surface area (TPSA) is 46.9 Å². The highest BCUT2D eigenvalue weighted by Crippen LogP contribution is 2.28. The van der Waals surface area contributed by atoms with Gasteiger partial charge in [0.05, 0.1) is 12.0 Å². The van der Waals surface area contributed by atoms with E-state index in [2.05, 4.69) is 10.3 Å². The highest BCUT2D eigenvalue weighted by Gasteiger charge is 2.23. The maximum Gasteiger partial charge on any atom is 0.178 e. The molecule has 0 unspecified atom stereocenters. The van der Waals surface area contributed by atoms with Gasteiger partial charge in [-0.3, -0.25) is 4.79 Å². The monoisotopic (exact) mass is 287 g/mol. The average Bonchev–Trinajstić information content (AvgIpc) is 2.94. The van der Waals surface area contributed by atoms with E-state index in [1.54, 1.807) is 25.4 Å². The van der Waals surface area contributed by atoms with Crippen molar-refractivity contribution >= 4 is 5.78 Å². The summed E-state index contributed by atoms with van der Waals surface area (Å²) in [6, 6.07) is 6.41. The molecule has 1 saturated heterocycles. The average molecular weight is 287 g/mol. The number of ketones is 1. The van der Waals surface area contributed by atoms with Crippen LogP contribution in [0.1, 0.15) is 36.3 Å². The number of nitrogens with zero attached hydrogens (tertiary/aromatic N) is 2. The van der Waals surface area contributed by atoms with Crippen LogP contribution >= 0.6 is 0 Å². The smallest absolute Gasteiger partial charge is 0.178 e. The number of Topliss-reactive ketones (excluding diaryl/α,β-unsaturated/α-hetero) is 1. The molecule has 2 heterocycles. The van der Waals surface area contributed by atoms with Gasteiger partial charge in [-0.15, -0.1) is 0 Å². The fourth-order valence-corrected chi connectivity index (χ4v) is 2.89. The first-order valence-corrected chi connectivity index (χ1v) is 7.21. The zero-order valence-electron chi connectivity index (χ0n) is 12.0. The number of hydrogen-bond acceptors (Lipinski definition) is 3. The van der Waals surface area contributed by atoms with Crippen molar-refractivity contribution in [3.05, 3.63) is 42.1 Å². The molecule has 0 amide bonds. The Morgan fingerprint density at radius 1 is 1.29 bits per heavy atom. The Labute approximate surface area is 123 Å². The lowest BCUT2D eigenvalue weighted by molar-refractivity contribution is 0.100. The molecule has 0 atom stereocenters. The van der Waals surface area contributed by atoms with Crippen LogP contribution in [0.4, 0.5) is 4.39 Å². The molecule has 5 heteroatoms. The molecule has 1 aliphatic rings. The van der Waals surface area contributed by atoms with Crippen molar-refractivity contribution in [3.63, 3.8) is 0 Å². The quantitative estimate of drug-likeness (QED) is 0.883. The van der Waals surface area contributed by atoms with Crippen molar-refractivity contribution in [3.8, 4) is 11.3 Å². The van der Waals surface area contributed by atoms with Crippen LogP contribution in [0, 0.1) is 5.82 Å². The number of nitrogens with one attached hydrogen (secondary N) is 1. The van der Waals surface area contributed by atoms with Gasteiger partial charge in [-0.1, -0.05) is 0 Å². The normalized spacial score (nSPS) is 16.1. The Morgan fingerprint density at radius 3 is 2.57 bits per heavy atom. The number of hydrogen-bond donors (Lipinski definition) is 1. The largest absolute Gasteiger partial charge is 0.324 e. The molecule has 0 radical (unpaired) electrons. The van der Waals surface area contributed by atoms with Crippen LogP contribution < -0.4 is 5.32 Å². The molecule has 1 N–H and O–H groups in total. The molecule has 4 nitrogen and oxygen atoms in total. The Kier molecular flexibility index (Phi) is 3.84. The number of aromatic nitrogens is 2. The maximum absolute atomic E-state index is 13.1. The van der Waals surface area contributed by atoms with E-state index >= 15 is 0 Å². The number of carbonyl (C=O) groups is 1. The summed E-state index contributed by atoms with van der Waals surface area (Å²) >= 11 is 0. The number of benzene rings is 1. The first-order chi connectivity index (χ1) is 10.2. The third kappa shape index (κ3) is 2.74. The van der Waals surface area contributed by atoms with Crippen LogP contribution in [0.5, 0.6) is 0 Å². The molecule has 3 rings (SSSR count). The van der Waals surface area contributed by atoms with E-state index in [9.17, 15) is 9.18 Å². The molecule has 0 spiro atoms. The van der Waals surface area contributed by atoms with Crippen LogP contribution in [0.15, 0.2) is 30.6 Å². The van der Waals surface area contributed by atoms with Gasteiger partial charge >= 0.3 is 0 Å². The number of carbonyl (C=O) groups excluding carboxylic acids is 1. The van der Waals surface area contributed by atoms with E-state index in [0.717, 1.165) is 31.5 Å². The van der Waals surface area contributed by atoms with Crippen molar-refractivity contribution in [1.29, 1.82) is 0 Å².